The maximum atomic E-state index is 12.8. The van der Waals surface area contributed by atoms with Crippen LogP contribution in [0, 0.1) is 5.92 Å². The Morgan fingerprint density at radius 2 is 2.16 bits per heavy atom. The maximum absolute atomic E-state index is 12.8. The number of carbonyl (C=O) groups is 1. The monoisotopic (exact) mass is 360 g/mol. The topological polar surface area (TPSA) is 75.0 Å². The Bertz CT molecular complexity index is 884. The van der Waals surface area contributed by atoms with E-state index in [0.717, 1.165) is 17.3 Å². The molecule has 1 aromatic carbocycles. The van der Waals surface area contributed by atoms with E-state index in [0.29, 0.717) is 41.4 Å². The highest BCUT2D eigenvalue weighted by molar-refractivity contribution is 6.31. The van der Waals surface area contributed by atoms with Crippen molar-refractivity contribution in [2.24, 2.45) is 5.92 Å². The van der Waals surface area contributed by atoms with Crippen molar-refractivity contribution in [3.63, 3.8) is 0 Å². The van der Waals surface area contributed by atoms with Crippen molar-refractivity contribution < 1.29 is 9.32 Å². The van der Waals surface area contributed by atoms with Gasteiger partial charge in [-0.2, -0.15) is 4.98 Å². The lowest BCUT2D eigenvalue weighted by molar-refractivity contribution is 0.0742. The molecule has 0 aliphatic heterocycles. The summed E-state index contributed by atoms with van der Waals surface area (Å²) in [6.45, 7) is 6.96. The van der Waals surface area contributed by atoms with Crippen LogP contribution in [0.25, 0.3) is 10.9 Å². The predicted molar refractivity (Wildman–Crippen MR) is 96.6 cm³/mol. The van der Waals surface area contributed by atoms with E-state index in [1.165, 1.54) is 0 Å². The second kappa shape index (κ2) is 7.27. The Morgan fingerprint density at radius 3 is 2.88 bits per heavy atom. The average Bonchev–Trinajstić information content (AvgIpc) is 3.17. The van der Waals surface area contributed by atoms with Crippen molar-refractivity contribution in [1.29, 1.82) is 0 Å². The number of hydrogen-bond donors (Lipinski definition) is 1. The fraction of sp³-hybridized carbons (Fsp3) is 0.389. The molecule has 0 radical (unpaired) electrons. The molecule has 0 saturated heterocycles. The van der Waals surface area contributed by atoms with E-state index in [1.54, 1.807) is 11.0 Å². The van der Waals surface area contributed by atoms with Crippen LogP contribution < -0.4 is 0 Å². The molecule has 2 aromatic heterocycles. The van der Waals surface area contributed by atoms with Gasteiger partial charge in [0, 0.05) is 28.9 Å². The Kier molecular flexibility index (Phi) is 5.08. The summed E-state index contributed by atoms with van der Waals surface area (Å²) in [5, 5.41) is 5.53. The maximum Gasteiger partial charge on any atom is 0.270 e. The van der Waals surface area contributed by atoms with Crippen molar-refractivity contribution in [2.45, 2.75) is 33.7 Å². The van der Waals surface area contributed by atoms with Gasteiger partial charge >= 0.3 is 0 Å². The van der Waals surface area contributed by atoms with E-state index in [2.05, 4.69) is 29.0 Å². The van der Waals surface area contributed by atoms with Crippen molar-refractivity contribution in [2.75, 3.05) is 6.54 Å². The molecule has 2 heterocycles. The fourth-order valence-electron chi connectivity index (χ4n) is 2.67. The largest absolute Gasteiger partial charge is 0.351 e. The molecule has 6 nitrogen and oxygen atoms in total. The number of amides is 1. The molecule has 25 heavy (non-hydrogen) atoms. The van der Waals surface area contributed by atoms with Gasteiger partial charge in [-0.25, -0.2) is 0 Å². The quantitative estimate of drug-likeness (QED) is 0.719. The van der Waals surface area contributed by atoms with Crippen molar-refractivity contribution in [1.82, 2.24) is 20.0 Å². The minimum atomic E-state index is -0.106. The summed E-state index contributed by atoms with van der Waals surface area (Å²) in [4.78, 5) is 22.0. The van der Waals surface area contributed by atoms with Gasteiger partial charge < -0.3 is 14.4 Å². The molecule has 7 heteroatoms. The number of aromatic amines is 1. The summed E-state index contributed by atoms with van der Waals surface area (Å²) in [6.07, 6.45) is 0.732. The Morgan fingerprint density at radius 1 is 1.36 bits per heavy atom. The third-order valence-electron chi connectivity index (χ3n) is 3.91. The molecule has 0 unspecified atom stereocenters. The number of benzene rings is 1. The Labute approximate surface area is 151 Å². The lowest BCUT2D eigenvalue weighted by Gasteiger charge is -2.17. The number of H-pyrrole nitrogens is 1. The number of fused-ring (bicyclic) bond motifs is 1. The standard InChI is InChI=1S/C18H21ClN4O2/c1-4-23(10-16-21-17(25-22-16)7-11(2)3)18(24)15-9-12-8-13(19)5-6-14(12)20-15/h5-6,8-9,11,20H,4,7,10H2,1-3H3. The molecule has 1 amide bonds. The van der Waals surface area contributed by atoms with Crippen molar-refractivity contribution >= 4 is 28.4 Å². The fourth-order valence-corrected chi connectivity index (χ4v) is 2.85. The summed E-state index contributed by atoms with van der Waals surface area (Å²) >= 11 is 6.01. The van der Waals surface area contributed by atoms with Gasteiger partial charge in [-0.05, 0) is 37.1 Å². The molecule has 0 spiro atoms. The third-order valence-corrected chi connectivity index (χ3v) is 4.14. The normalized spacial score (nSPS) is 11.4. The van der Waals surface area contributed by atoms with Crippen LogP contribution in [0.15, 0.2) is 28.8 Å². The molecule has 0 aliphatic carbocycles. The number of aromatic nitrogens is 3. The SMILES string of the molecule is CCN(Cc1noc(CC(C)C)n1)C(=O)c1cc2cc(Cl)ccc2[nH]1. The van der Waals surface area contributed by atoms with E-state index in [-0.39, 0.29) is 5.91 Å². The molecule has 0 aliphatic rings. The van der Waals surface area contributed by atoms with Gasteiger partial charge in [0.15, 0.2) is 5.82 Å². The first-order chi connectivity index (χ1) is 12.0. The van der Waals surface area contributed by atoms with Crippen LogP contribution >= 0.6 is 11.6 Å². The lowest BCUT2D eigenvalue weighted by atomic mass is 10.1. The van der Waals surface area contributed by atoms with Crippen LogP contribution in [0.1, 0.15) is 43.0 Å². The molecule has 132 valence electrons. The molecule has 3 aromatic rings. The minimum absolute atomic E-state index is 0.106. The zero-order valence-electron chi connectivity index (χ0n) is 14.5. The van der Waals surface area contributed by atoms with Crippen LogP contribution in [-0.2, 0) is 13.0 Å². The number of rotatable bonds is 6. The number of nitrogens with one attached hydrogen (secondary N) is 1. The van der Waals surface area contributed by atoms with Crippen LogP contribution in [0.5, 0.6) is 0 Å². The van der Waals surface area contributed by atoms with Crippen molar-refractivity contribution in [3.05, 3.63) is 46.7 Å². The van der Waals surface area contributed by atoms with E-state index >= 15 is 0 Å². The third kappa shape index (κ3) is 4.02. The van der Waals surface area contributed by atoms with Crippen LogP contribution in [-0.4, -0.2) is 32.5 Å². The van der Waals surface area contributed by atoms with Gasteiger partial charge in [0.2, 0.25) is 5.89 Å². The Hall–Kier alpha value is -2.34. The molecular weight excluding hydrogens is 340 g/mol. The van der Waals surface area contributed by atoms with E-state index in [4.69, 9.17) is 16.1 Å². The number of carbonyl (C=O) groups excluding carboxylic acids is 1. The van der Waals surface area contributed by atoms with Crippen molar-refractivity contribution in [3.8, 4) is 0 Å². The highest BCUT2D eigenvalue weighted by atomic mass is 35.5. The highest BCUT2D eigenvalue weighted by Gasteiger charge is 2.19. The second-order valence-corrected chi connectivity index (χ2v) is 6.87. The second-order valence-electron chi connectivity index (χ2n) is 6.44. The lowest BCUT2D eigenvalue weighted by Crippen LogP contribution is -2.31. The first kappa shape index (κ1) is 17.5. The molecule has 1 N–H and O–H groups in total. The first-order valence-electron chi connectivity index (χ1n) is 8.35. The molecule has 0 fully saturated rings. The van der Waals surface area contributed by atoms with Gasteiger partial charge in [0.25, 0.3) is 5.91 Å². The van der Waals surface area contributed by atoms with Gasteiger partial charge in [0.1, 0.15) is 5.69 Å². The van der Waals surface area contributed by atoms with Gasteiger partial charge in [-0.3, -0.25) is 4.79 Å². The highest BCUT2D eigenvalue weighted by Crippen LogP contribution is 2.21. The molecule has 0 atom stereocenters. The molecule has 3 rings (SSSR count). The molecule has 0 bridgehead atoms. The summed E-state index contributed by atoms with van der Waals surface area (Å²) in [5.41, 5.74) is 1.40. The van der Waals surface area contributed by atoms with Gasteiger partial charge in [0.05, 0.1) is 6.54 Å². The number of nitrogens with zero attached hydrogens (tertiary/aromatic N) is 3. The van der Waals surface area contributed by atoms with Gasteiger partial charge in [-0.1, -0.05) is 30.6 Å². The van der Waals surface area contributed by atoms with Crippen LogP contribution in [0.2, 0.25) is 5.02 Å². The number of halogens is 1. The number of hydrogen-bond acceptors (Lipinski definition) is 4. The van der Waals surface area contributed by atoms with E-state index in [1.807, 2.05) is 25.1 Å². The average molecular weight is 361 g/mol. The summed E-state index contributed by atoms with van der Waals surface area (Å²) < 4.78 is 5.25. The van der Waals surface area contributed by atoms with Crippen LogP contribution in [0.3, 0.4) is 0 Å². The summed E-state index contributed by atoms with van der Waals surface area (Å²) in [7, 11) is 0. The van der Waals surface area contributed by atoms with Gasteiger partial charge in [-0.15, -0.1) is 0 Å². The summed E-state index contributed by atoms with van der Waals surface area (Å²) in [5.74, 6) is 1.46. The van der Waals surface area contributed by atoms with Crippen LogP contribution in [0.4, 0.5) is 0 Å². The van der Waals surface area contributed by atoms with E-state index in [9.17, 15) is 4.79 Å². The zero-order chi connectivity index (χ0) is 18.0. The first-order valence-corrected chi connectivity index (χ1v) is 8.73. The predicted octanol–water partition coefficient (Wildman–Crippen LogP) is 4.07. The molecule has 0 saturated carbocycles. The van der Waals surface area contributed by atoms with E-state index < -0.39 is 0 Å². The summed E-state index contributed by atoms with van der Waals surface area (Å²) in [6, 6.07) is 7.30. The smallest absolute Gasteiger partial charge is 0.270 e. The molecular formula is C18H21ClN4O2. The Balaban J connectivity index is 1.77. The zero-order valence-corrected chi connectivity index (χ0v) is 15.3. The minimum Gasteiger partial charge on any atom is -0.351 e.